The molecule has 100 valence electrons. The van der Waals surface area contributed by atoms with Crippen molar-refractivity contribution in [2.24, 2.45) is 0 Å². The van der Waals surface area contributed by atoms with Gasteiger partial charge in [0, 0.05) is 12.6 Å². The molecule has 3 heteroatoms. The Bertz CT molecular complexity index is 753. The number of aromatic amines is 1. The van der Waals surface area contributed by atoms with Gasteiger partial charge < -0.3 is 0 Å². The number of benzene rings is 2. The number of aromatic nitrogens is 2. The fourth-order valence-electron chi connectivity index (χ4n) is 2.45. The molecule has 0 amide bonds. The Hall–Kier alpha value is -2.42. The third-order valence-electron chi connectivity index (χ3n) is 3.54. The zero-order valence-corrected chi connectivity index (χ0v) is 11.4. The van der Waals surface area contributed by atoms with Crippen molar-refractivity contribution in [2.75, 3.05) is 0 Å². The number of Topliss-reactive ketones (excluding diaryl/α,β-unsaturated/α-hetero) is 1. The number of H-pyrrole nitrogens is 1. The van der Waals surface area contributed by atoms with Crippen LogP contribution in [0.4, 0.5) is 0 Å². The molecule has 3 aromatic rings. The molecule has 3 nitrogen and oxygen atoms in total. The highest BCUT2D eigenvalue weighted by molar-refractivity contribution is 5.92. The van der Waals surface area contributed by atoms with Gasteiger partial charge in [-0.25, -0.2) is 0 Å². The molecule has 3 rings (SSSR count). The van der Waals surface area contributed by atoms with Crippen LogP contribution in [0.2, 0.25) is 0 Å². The first kappa shape index (κ1) is 12.6. The predicted octanol–water partition coefficient (Wildman–Crippen LogP) is 3.55. The maximum Gasteiger partial charge on any atom is 0.179 e. The van der Waals surface area contributed by atoms with Gasteiger partial charge in [-0.15, -0.1) is 0 Å². The molecule has 0 atom stereocenters. The number of carbonyl (C=O) groups excluding carboxylic acids is 1. The summed E-state index contributed by atoms with van der Waals surface area (Å²) < 4.78 is 0. The van der Waals surface area contributed by atoms with Crippen LogP contribution < -0.4 is 0 Å². The average Bonchev–Trinajstić information content (AvgIpc) is 2.94. The smallest absolute Gasteiger partial charge is 0.179 e. The normalized spacial score (nSPS) is 10.8. The monoisotopic (exact) mass is 264 g/mol. The van der Waals surface area contributed by atoms with Crippen molar-refractivity contribution in [3.63, 3.8) is 0 Å². The van der Waals surface area contributed by atoms with Crippen molar-refractivity contribution < 1.29 is 4.79 Å². The fraction of sp³-hybridized carbons (Fsp3) is 0.176. The van der Waals surface area contributed by atoms with Crippen LogP contribution >= 0.6 is 0 Å². The van der Waals surface area contributed by atoms with E-state index < -0.39 is 0 Å². The van der Waals surface area contributed by atoms with E-state index in [2.05, 4.69) is 52.7 Å². The Labute approximate surface area is 117 Å². The van der Waals surface area contributed by atoms with Gasteiger partial charge >= 0.3 is 0 Å². The number of nitrogens with zero attached hydrogens (tertiary/aromatic N) is 1. The summed E-state index contributed by atoms with van der Waals surface area (Å²) in [5.41, 5.74) is 2.84. The summed E-state index contributed by atoms with van der Waals surface area (Å²) in [4.78, 5) is 11.2. The minimum atomic E-state index is -0.00217. The quantitative estimate of drug-likeness (QED) is 0.732. The molecule has 0 aliphatic rings. The predicted molar refractivity (Wildman–Crippen MR) is 79.9 cm³/mol. The van der Waals surface area contributed by atoms with Crippen molar-refractivity contribution in [3.05, 3.63) is 65.5 Å². The van der Waals surface area contributed by atoms with Gasteiger partial charge in [-0.1, -0.05) is 42.5 Å². The largest absolute Gasteiger partial charge is 0.293 e. The molecule has 0 aliphatic heterocycles. The van der Waals surface area contributed by atoms with E-state index in [-0.39, 0.29) is 5.78 Å². The fourth-order valence-corrected chi connectivity index (χ4v) is 2.45. The lowest BCUT2D eigenvalue weighted by molar-refractivity contribution is 0.101. The highest BCUT2D eigenvalue weighted by Crippen LogP contribution is 2.20. The van der Waals surface area contributed by atoms with E-state index in [4.69, 9.17) is 0 Å². The third-order valence-corrected chi connectivity index (χ3v) is 3.54. The number of fused-ring (bicyclic) bond motifs is 1. The Morgan fingerprint density at radius 3 is 2.70 bits per heavy atom. The summed E-state index contributed by atoms with van der Waals surface area (Å²) in [6.45, 7) is 1.53. The second kappa shape index (κ2) is 5.29. The lowest BCUT2D eigenvalue weighted by atomic mass is 10.0. The number of hydrogen-bond acceptors (Lipinski definition) is 2. The molecule has 0 saturated heterocycles. The Morgan fingerprint density at radius 2 is 1.90 bits per heavy atom. The minimum absolute atomic E-state index is 0.00217. The number of carbonyl (C=O) groups is 1. The highest BCUT2D eigenvalue weighted by Gasteiger charge is 2.06. The first-order valence-corrected chi connectivity index (χ1v) is 6.76. The molecule has 1 aromatic heterocycles. The summed E-state index contributed by atoms with van der Waals surface area (Å²) in [5.74, 6) is -0.00217. The summed E-state index contributed by atoms with van der Waals surface area (Å²) in [7, 11) is 0. The van der Waals surface area contributed by atoms with Crippen LogP contribution in [-0.4, -0.2) is 16.0 Å². The van der Waals surface area contributed by atoms with E-state index in [9.17, 15) is 4.79 Å². The SMILES string of the molecule is CC(=O)c1cc(CCc2cccc3ccccc23)[nH]n1. The van der Waals surface area contributed by atoms with E-state index in [1.165, 1.54) is 23.3 Å². The number of ketones is 1. The standard InChI is InChI=1S/C17H16N2O/c1-12(20)17-11-15(18-19-17)10-9-14-7-4-6-13-5-2-3-8-16(13)14/h2-8,11H,9-10H2,1H3,(H,18,19). The van der Waals surface area contributed by atoms with Crippen molar-refractivity contribution in [2.45, 2.75) is 19.8 Å². The van der Waals surface area contributed by atoms with E-state index in [1.807, 2.05) is 6.07 Å². The lowest BCUT2D eigenvalue weighted by Gasteiger charge is -2.05. The molecule has 1 heterocycles. The molecule has 0 bridgehead atoms. The van der Waals surface area contributed by atoms with Gasteiger partial charge in [-0.05, 0) is 35.2 Å². The van der Waals surface area contributed by atoms with E-state index in [1.54, 1.807) is 0 Å². The molecule has 0 fully saturated rings. The molecule has 20 heavy (non-hydrogen) atoms. The Balaban J connectivity index is 1.81. The number of hydrogen-bond donors (Lipinski definition) is 1. The molecule has 0 unspecified atom stereocenters. The van der Waals surface area contributed by atoms with Gasteiger partial charge in [0.2, 0.25) is 0 Å². The molecule has 0 spiro atoms. The molecular weight excluding hydrogens is 248 g/mol. The number of nitrogens with one attached hydrogen (secondary N) is 1. The second-order valence-electron chi connectivity index (χ2n) is 4.97. The third kappa shape index (κ3) is 2.48. The van der Waals surface area contributed by atoms with Gasteiger partial charge in [0.1, 0.15) is 5.69 Å². The van der Waals surface area contributed by atoms with Gasteiger partial charge in [0.15, 0.2) is 5.78 Å². The average molecular weight is 264 g/mol. The van der Waals surface area contributed by atoms with Crippen molar-refractivity contribution >= 4 is 16.6 Å². The van der Waals surface area contributed by atoms with Crippen molar-refractivity contribution in [3.8, 4) is 0 Å². The highest BCUT2D eigenvalue weighted by atomic mass is 16.1. The summed E-state index contributed by atoms with van der Waals surface area (Å²) in [6.07, 6.45) is 1.79. The maximum absolute atomic E-state index is 11.2. The zero-order valence-electron chi connectivity index (χ0n) is 11.4. The molecule has 0 radical (unpaired) electrons. The van der Waals surface area contributed by atoms with Crippen LogP contribution in [0.1, 0.15) is 28.7 Å². The van der Waals surface area contributed by atoms with Crippen LogP contribution in [0.3, 0.4) is 0 Å². The number of aryl methyl sites for hydroxylation is 2. The van der Waals surface area contributed by atoms with Crippen LogP contribution in [0.15, 0.2) is 48.5 Å². The maximum atomic E-state index is 11.2. The Morgan fingerprint density at radius 1 is 1.10 bits per heavy atom. The Kier molecular flexibility index (Phi) is 3.33. The van der Waals surface area contributed by atoms with Gasteiger partial charge in [0.25, 0.3) is 0 Å². The molecule has 2 aromatic carbocycles. The van der Waals surface area contributed by atoms with Gasteiger partial charge in [0.05, 0.1) is 0 Å². The molecule has 0 aliphatic carbocycles. The van der Waals surface area contributed by atoms with Crippen LogP contribution in [0, 0.1) is 0 Å². The van der Waals surface area contributed by atoms with E-state index >= 15 is 0 Å². The van der Waals surface area contributed by atoms with Crippen molar-refractivity contribution in [1.29, 1.82) is 0 Å². The van der Waals surface area contributed by atoms with Gasteiger partial charge in [-0.3, -0.25) is 9.89 Å². The minimum Gasteiger partial charge on any atom is -0.293 e. The van der Waals surface area contributed by atoms with E-state index in [0.717, 1.165) is 18.5 Å². The second-order valence-corrected chi connectivity index (χ2v) is 4.97. The molecular formula is C17H16N2O. The lowest BCUT2D eigenvalue weighted by Crippen LogP contribution is -1.93. The van der Waals surface area contributed by atoms with Crippen LogP contribution in [0.25, 0.3) is 10.8 Å². The first-order valence-electron chi connectivity index (χ1n) is 6.76. The topological polar surface area (TPSA) is 45.8 Å². The van der Waals surface area contributed by atoms with Crippen LogP contribution in [0.5, 0.6) is 0 Å². The van der Waals surface area contributed by atoms with Crippen LogP contribution in [-0.2, 0) is 12.8 Å². The summed E-state index contributed by atoms with van der Waals surface area (Å²) in [5, 5.41) is 9.51. The number of rotatable bonds is 4. The van der Waals surface area contributed by atoms with E-state index in [0.29, 0.717) is 5.69 Å². The molecule has 1 N–H and O–H groups in total. The molecule has 0 saturated carbocycles. The summed E-state index contributed by atoms with van der Waals surface area (Å²) in [6, 6.07) is 16.6. The summed E-state index contributed by atoms with van der Waals surface area (Å²) >= 11 is 0. The van der Waals surface area contributed by atoms with Gasteiger partial charge in [-0.2, -0.15) is 5.10 Å². The first-order chi connectivity index (χ1) is 9.74. The van der Waals surface area contributed by atoms with Crippen molar-refractivity contribution in [1.82, 2.24) is 10.2 Å². The zero-order chi connectivity index (χ0) is 13.9.